The quantitative estimate of drug-likeness (QED) is 0.616. The molecular weight excluding hydrogens is 348 g/mol. The second-order valence-electron chi connectivity index (χ2n) is 5.35. The molecule has 26 heavy (non-hydrogen) atoms. The van der Waals surface area contributed by atoms with Crippen LogP contribution in [-0.4, -0.2) is 24.8 Å². The molecule has 0 saturated carbocycles. The van der Waals surface area contributed by atoms with Crippen LogP contribution in [0.3, 0.4) is 0 Å². The molecular formula is C20H18N2O3S. The molecule has 5 nitrogen and oxygen atoms in total. The standard InChI is InChI=1S/C20H18N2O3S/c1-3-12-25-17-8-4-14(5-9-17)13-18-19(23)22-20(26-18)21-15-6-10-16(24-2)11-7-15/h3-11,13H,1,12H2,2H3,(H,21,22,23). The normalized spacial score (nSPS) is 16.6. The lowest BCUT2D eigenvalue weighted by Crippen LogP contribution is -2.19. The van der Waals surface area contributed by atoms with Crippen molar-refractivity contribution in [2.24, 2.45) is 4.99 Å². The molecule has 0 atom stereocenters. The zero-order valence-electron chi connectivity index (χ0n) is 14.3. The monoisotopic (exact) mass is 366 g/mol. The van der Waals surface area contributed by atoms with E-state index in [0.29, 0.717) is 16.7 Å². The van der Waals surface area contributed by atoms with Crippen LogP contribution in [0.5, 0.6) is 11.5 Å². The van der Waals surface area contributed by atoms with E-state index in [1.54, 1.807) is 13.2 Å². The summed E-state index contributed by atoms with van der Waals surface area (Å²) in [5, 5.41) is 3.33. The van der Waals surface area contributed by atoms with Crippen LogP contribution in [0.2, 0.25) is 0 Å². The van der Waals surface area contributed by atoms with Gasteiger partial charge in [0, 0.05) is 0 Å². The van der Waals surface area contributed by atoms with Crippen molar-refractivity contribution >= 4 is 34.6 Å². The first-order valence-corrected chi connectivity index (χ1v) is 8.77. The lowest BCUT2D eigenvalue weighted by Gasteiger charge is -2.03. The van der Waals surface area contributed by atoms with Crippen LogP contribution < -0.4 is 14.8 Å². The molecule has 2 aromatic carbocycles. The van der Waals surface area contributed by atoms with E-state index in [1.807, 2.05) is 54.6 Å². The summed E-state index contributed by atoms with van der Waals surface area (Å²) in [6.45, 7) is 4.08. The molecule has 0 aliphatic carbocycles. The van der Waals surface area contributed by atoms with Gasteiger partial charge in [-0.2, -0.15) is 0 Å². The minimum atomic E-state index is -0.158. The molecule has 1 heterocycles. The maximum Gasteiger partial charge on any atom is 0.264 e. The third-order valence-corrected chi connectivity index (χ3v) is 4.41. The van der Waals surface area contributed by atoms with Gasteiger partial charge in [0.15, 0.2) is 5.17 Å². The molecule has 2 aromatic rings. The molecule has 1 N–H and O–H groups in total. The highest BCUT2D eigenvalue weighted by molar-refractivity contribution is 8.18. The van der Waals surface area contributed by atoms with Crippen molar-refractivity contribution in [1.29, 1.82) is 0 Å². The van der Waals surface area contributed by atoms with E-state index < -0.39 is 0 Å². The summed E-state index contributed by atoms with van der Waals surface area (Å²) in [4.78, 5) is 17.2. The zero-order valence-corrected chi connectivity index (χ0v) is 15.1. The second-order valence-corrected chi connectivity index (χ2v) is 6.38. The Bertz CT molecular complexity index is 856. The first kappa shape index (κ1) is 17.8. The molecule has 6 heteroatoms. The Morgan fingerprint density at radius 1 is 1.12 bits per heavy atom. The van der Waals surface area contributed by atoms with E-state index in [-0.39, 0.29) is 5.91 Å². The van der Waals surface area contributed by atoms with Crippen LogP contribution in [0.15, 0.2) is 71.1 Å². The number of carbonyl (C=O) groups excluding carboxylic acids is 1. The molecule has 1 fully saturated rings. The lowest BCUT2D eigenvalue weighted by atomic mass is 10.2. The van der Waals surface area contributed by atoms with Crippen LogP contribution in [0.1, 0.15) is 5.56 Å². The number of hydrogen-bond acceptors (Lipinski definition) is 5. The molecule has 1 aliphatic heterocycles. The molecule has 3 rings (SSSR count). The Kier molecular flexibility index (Phi) is 5.76. The van der Waals surface area contributed by atoms with Gasteiger partial charge in [0.1, 0.15) is 18.1 Å². The number of thioether (sulfide) groups is 1. The van der Waals surface area contributed by atoms with Crippen LogP contribution in [-0.2, 0) is 4.79 Å². The maximum atomic E-state index is 12.2. The Hall–Kier alpha value is -2.99. The summed E-state index contributed by atoms with van der Waals surface area (Å²) < 4.78 is 10.6. The Balaban J connectivity index is 1.71. The molecule has 132 valence electrons. The van der Waals surface area contributed by atoms with Crippen LogP contribution in [0.25, 0.3) is 6.08 Å². The summed E-state index contributed by atoms with van der Waals surface area (Å²) in [6.07, 6.45) is 3.52. The maximum absolute atomic E-state index is 12.2. The first-order chi connectivity index (χ1) is 12.7. The van der Waals surface area contributed by atoms with Crippen molar-refractivity contribution in [2.45, 2.75) is 0 Å². The van der Waals surface area contributed by atoms with E-state index in [0.717, 1.165) is 22.7 Å². The fraction of sp³-hybridized carbons (Fsp3) is 0.100. The average Bonchev–Trinajstić information content (AvgIpc) is 3.00. The summed E-state index contributed by atoms with van der Waals surface area (Å²) in [6, 6.07) is 14.8. The SMILES string of the molecule is C=CCOc1ccc(C=C2SC(=Nc3ccc(OC)cc3)NC2=O)cc1. The van der Waals surface area contributed by atoms with Crippen molar-refractivity contribution in [1.82, 2.24) is 5.32 Å². The number of benzene rings is 2. The largest absolute Gasteiger partial charge is 0.497 e. The molecule has 1 aliphatic rings. The number of methoxy groups -OCH3 is 1. The number of aliphatic imine (C=N–C) groups is 1. The van der Waals surface area contributed by atoms with Gasteiger partial charge in [-0.05, 0) is 59.8 Å². The Morgan fingerprint density at radius 2 is 1.81 bits per heavy atom. The topological polar surface area (TPSA) is 59.9 Å². The highest BCUT2D eigenvalue weighted by atomic mass is 32.2. The average molecular weight is 366 g/mol. The molecule has 1 saturated heterocycles. The van der Waals surface area contributed by atoms with E-state index in [1.165, 1.54) is 11.8 Å². The van der Waals surface area contributed by atoms with Crippen LogP contribution in [0.4, 0.5) is 5.69 Å². The van der Waals surface area contributed by atoms with Crippen molar-refractivity contribution in [3.05, 3.63) is 71.7 Å². The van der Waals surface area contributed by atoms with E-state index in [9.17, 15) is 4.79 Å². The van der Waals surface area contributed by atoms with Crippen LogP contribution in [0, 0.1) is 0 Å². The molecule has 0 radical (unpaired) electrons. The summed E-state index contributed by atoms with van der Waals surface area (Å²) in [5.74, 6) is 1.37. The number of rotatable bonds is 6. The summed E-state index contributed by atoms with van der Waals surface area (Å²) in [7, 11) is 1.61. The second kappa shape index (κ2) is 8.40. The van der Waals surface area contributed by atoms with Gasteiger partial charge in [-0.15, -0.1) is 0 Å². The Labute approximate surface area is 156 Å². The third-order valence-electron chi connectivity index (χ3n) is 3.50. The van der Waals surface area contributed by atoms with Gasteiger partial charge in [-0.25, -0.2) is 4.99 Å². The van der Waals surface area contributed by atoms with E-state index >= 15 is 0 Å². The lowest BCUT2D eigenvalue weighted by molar-refractivity contribution is -0.115. The van der Waals surface area contributed by atoms with Gasteiger partial charge < -0.3 is 14.8 Å². The number of nitrogens with one attached hydrogen (secondary N) is 1. The highest BCUT2D eigenvalue weighted by Crippen LogP contribution is 2.29. The highest BCUT2D eigenvalue weighted by Gasteiger charge is 2.23. The molecule has 0 unspecified atom stereocenters. The summed E-state index contributed by atoms with van der Waals surface area (Å²) in [5.41, 5.74) is 1.66. The fourth-order valence-electron chi connectivity index (χ4n) is 2.22. The zero-order chi connectivity index (χ0) is 18.4. The van der Waals surface area contributed by atoms with Crippen LogP contribution >= 0.6 is 11.8 Å². The van der Waals surface area contributed by atoms with Gasteiger partial charge in [0.2, 0.25) is 0 Å². The number of amides is 1. The van der Waals surface area contributed by atoms with Gasteiger partial charge in [0.05, 0.1) is 17.7 Å². The first-order valence-electron chi connectivity index (χ1n) is 7.95. The molecule has 0 bridgehead atoms. The Morgan fingerprint density at radius 3 is 2.46 bits per heavy atom. The van der Waals surface area contributed by atoms with E-state index in [4.69, 9.17) is 9.47 Å². The van der Waals surface area contributed by atoms with Gasteiger partial charge >= 0.3 is 0 Å². The molecule has 0 aromatic heterocycles. The number of hydrogen-bond donors (Lipinski definition) is 1. The third kappa shape index (κ3) is 4.55. The summed E-state index contributed by atoms with van der Waals surface area (Å²) >= 11 is 1.31. The van der Waals surface area contributed by atoms with Gasteiger partial charge in [-0.3, -0.25) is 4.79 Å². The van der Waals surface area contributed by atoms with E-state index in [2.05, 4.69) is 16.9 Å². The number of amidine groups is 1. The number of carbonyl (C=O) groups is 1. The minimum absolute atomic E-state index is 0.158. The fourth-order valence-corrected chi connectivity index (χ4v) is 3.06. The van der Waals surface area contributed by atoms with Crippen molar-refractivity contribution in [3.8, 4) is 11.5 Å². The number of ether oxygens (including phenoxy) is 2. The predicted octanol–water partition coefficient (Wildman–Crippen LogP) is 4.15. The van der Waals surface area contributed by atoms with Gasteiger partial charge in [0.25, 0.3) is 5.91 Å². The van der Waals surface area contributed by atoms with Crippen molar-refractivity contribution < 1.29 is 14.3 Å². The van der Waals surface area contributed by atoms with Gasteiger partial charge in [-0.1, -0.05) is 24.8 Å². The van der Waals surface area contributed by atoms with Crippen molar-refractivity contribution in [2.75, 3.05) is 13.7 Å². The molecule has 0 spiro atoms. The molecule has 1 amide bonds. The smallest absolute Gasteiger partial charge is 0.264 e. The minimum Gasteiger partial charge on any atom is -0.497 e. The predicted molar refractivity (Wildman–Crippen MR) is 106 cm³/mol. The number of nitrogens with zero attached hydrogens (tertiary/aromatic N) is 1. The van der Waals surface area contributed by atoms with Crippen molar-refractivity contribution in [3.63, 3.8) is 0 Å².